The summed E-state index contributed by atoms with van der Waals surface area (Å²) < 4.78 is 46.4. The summed E-state index contributed by atoms with van der Waals surface area (Å²) >= 11 is 0. The quantitative estimate of drug-likeness (QED) is 0.684. The van der Waals surface area contributed by atoms with Gasteiger partial charge in [0, 0.05) is 13.0 Å². The minimum atomic E-state index is -4.82. The molecule has 124 valence electrons. The van der Waals surface area contributed by atoms with Crippen LogP contribution in [0.5, 0.6) is 11.8 Å². The fourth-order valence-corrected chi connectivity index (χ4v) is 2.94. The molecule has 0 aromatic carbocycles. The maximum atomic E-state index is 13.1. The number of hydrogen-bond acceptors (Lipinski definition) is 8. The predicted octanol–water partition coefficient (Wildman–Crippen LogP) is -0.454. The number of anilines is 1. The van der Waals surface area contributed by atoms with E-state index in [1.807, 2.05) is 0 Å². The fourth-order valence-electron chi connectivity index (χ4n) is 2.27. The summed E-state index contributed by atoms with van der Waals surface area (Å²) in [6.45, 7) is -0.355. The van der Waals surface area contributed by atoms with Crippen LogP contribution in [-0.4, -0.2) is 59.9 Å². The minimum absolute atomic E-state index is 0.0780. The highest BCUT2D eigenvalue weighted by Gasteiger charge is 2.40. The number of methoxy groups -OCH3 is 2. The zero-order chi connectivity index (χ0) is 16.8. The lowest BCUT2D eigenvalue weighted by Gasteiger charge is -2.09. The van der Waals surface area contributed by atoms with Crippen molar-refractivity contribution in [1.82, 2.24) is 19.6 Å². The molecule has 10 nitrogen and oxygen atoms in total. The third kappa shape index (κ3) is 2.54. The van der Waals surface area contributed by atoms with Gasteiger partial charge in [-0.1, -0.05) is 0 Å². The molecule has 0 saturated carbocycles. The lowest BCUT2D eigenvalue weighted by Crippen LogP contribution is -2.28. The molecule has 1 amide bonds. The molecule has 2 aromatic rings. The average molecular weight is 345 g/mol. The summed E-state index contributed by atoms with van der Waals surface area (Å²) in [5, 5.41) is 2.64. The smallest absolute Gasteiger partial charge is 0.319 e. The highest BCUT2D eigenvalue weighted by molar-refractivity contribution is 7.87. The topological polar surface area (TPSA) is 116 Å². The van der Waals surface area contributed by atoms with Crippen molar-refractivity contribution in [1.29, 1.82) is 0 Å². The van der Waals surface area contributed by atoms with Gasteiger partial charge in [-0.05, 0) is 0 Å². The van der Waals surface area contributed by atoms with Gasteiger partial charge < -0.3 is 9.47 Å². The van der Waals surface area contributed by atoms with Crippen molar-refractivity contribution in [2.45, 2.75) is 11.7 Å². The molecule has 12 heteroatoms. The van der Waals surface area contributed by atoms with E-state index >= 15 is 0 Å². The van der Waals surface area contributed by atoms with Crippen LogP contribution in [0, 0.1) is 0 Å². The number of halogens is 1. The summed E-state index contributed by atoms with van der Waals surface area (Å²) in [7, 11) is -2.03. The van der Waals surface area contributed by atoms with Crippen LogP contribution in [0.2, 0.25) is 0 Å². The van der Waals surface area contributed by atoms with Gasteiger partial charge in [0.25, 0.3) is 5.95 Å². The van der Waals surface area contributed by atoms with Crippen LogP contribution in [0.3, 0.4) is 0 Å². The Morgan fingerprint density at radius 3 is 2.65 bits per heavy atom. The van der Waals surface area contributed by atoms with Gasteiger partial charge in [0.05, 0.1) is 20.4 Å². The number of ether oxygens (including phenoxy) is 2. The lowest BCUT2D eigenvalue weighted by atomic mass is 10.4. The Hall–Kier alpha value is -2.50. The third-order valence-electron chi connectivity index (χ3n) is 3.42. The molecule has 1 aliphatic rings. The highest BCUT2D eigenvalue weighted by atomic mass is 32.3. The van der Waals surface area contributed by atoms with Crippen molar-refractivity contribution in [3.8, 4) is 11.8 Å². The van der Waals surface area contributed by atoms with Crippen LogP contribution in [-0.2, 0) is 15.0 Å². The first-order valence-corrected chi connectivity index (χ1v) is 7.87. The molecule has 2 aromatic heterocycles. The van der Waals surface area contributed by atoms with E-state index in [2.05, 4.69) is 15.1 Å². The molecule has 1 atom stereocenters. The van der Waals surface area contributed by atoms with Gasteiger partial charge in [0.1, 0.15) is 5.25 Å². The molecule has 1 fully saturated rings. The molecule has 1 saturated heterocycles. The summed E-state index contributed by atoms with van der Waals surface area (Å²) in [4.78, 5) is 21.1. The van der Waals surface area contributed by atoms with E-state index in [9.17, 15) is 17.1 Å². The minimum Gasteiger partial charge on any atom is -0.491 e. The van der Waals surface area contributed by atoms with Crippen LogP contribution in [0.1, 0.15) is 6.42 Å². The summed E-state index contributed by atoms with van der Waals surface area (Å²) in [6, 6.07) is 0.0980. The highest BCUT2D eigenvalue weighted by Crippen LogP contribution is 2.27. The number of aromatic nitrogens is 4. The monoisotopic (exact) mass is 345 g/mol. The Morgan fingerprint density at radius 2 is 2.09 bits per heavy atom. The molecule has 23 heavy (non-hydrogen) atoms. The van der Waals surface area contributed by atoms with Gasteiger partial charge in [-0.25, -0.2) is 0 Å². The molecule has 3 rings (SSSR count). The standard InChI is InChI=1S/C11H12FN5O5S/c1-21-7-4-13-11(22-2)17-9(7)14-10(15-17)16-5-6(3-8(16)18)23(12,19)20/h4,6H,3,5H2,1-2H3. The lowest BCUT2D eigenvalue weighted by molar-refractivity contribution is -0.117. The van der Waals surface area contributed by atoms with Crippen LogP contribution < -0.4 is 14.4 Å². The molecule has 0 radical (unpaired) electrons. The largest absolute Gasteiger partial charge is 0.491 e. The summed E-state index contributed by atoms with van der Waals surface area (Å²) in [6.07, 6.45) is 0.911. The van der Waals surface area contributed by atoms with Crippen molar-refractivity contribution in [2.75, 3.05) is 25.7 Å². The molecule has 0 aliphatic carbocycles. The number of fused-ring (bicyclic) bond motifs is 1. The molecular weight excluding hydrogens is 333 g/mol. The molecule has 1 aliphatic heterocycles. The van der Waals surface area contributed by atoms with Crippen molar-refractivity contribution < 1.29 is 26.6 Å². The maximum Gasteiger partial charge on any atom is 0.319 e. The number of nitrogens with zero attached hydrogens (tertiary/aromatic N) is 5. The van der Waals surface area contributed by atoms with Gasteiger partial charge >= 0.3 is 16.2 Å². The molecule has 0 N–H and O–H groups in total. The van der Waals surface area contributed by atoms with Gasteiger partial charge in [-0.2, -0.15) is 22.9 Å². The molecule has 1 unspecified atom stereocenters. The molecular formula is C11H12FN5O5S. The number of carbonyl (C=O) groups excluding carboxylic acids is 1. The maximum absolute atomic E-state index is 13.1. The van der Waals surface area contributed by atoms with E-state index < -0.39 is 27.8 Å². The van der Waals surface area contributed by atoms with Crippen molar-refractivity contribution in [3.05, 3.63) is 6.20 Å². The van der Waals surface area contributed by atoms with Crippen LogP contribution >= 0.6 is 0 Å². The third-order valence-corrected chi connectivity index (χ3v) is 4.53. The SMILES string of the molecule is COc1cnc(OC)n2nc(N3CC(S(=O)(=O)F)CC3=O)nc12. The first-order chi connectivity index (χ1) is 10.8. The Morgan fingerprint density at radius 1 is 1.35 bits per heavy atom. The first-order valence-electron chi connectivity index (χ1n) is 6.42. The van der Waals surface area contributed by atoms with E-state index in [0.717, 1.165) is 4.90 Å². The van der Waals surface area contributed by atoms with Gasteiger partial charge in [0.2, 0.25) is 11.6 Å². The number of hydrogen-bond donors (Lipinski definition) is 0. The fraction of sp³-hybridized carbons (Fsp3) is 0.455. The predicted molar refractivity (Wildman–Crippen MR) is 74.7 cm³/mol. The van der Waals surface area contributed by atoms with Gasteiger partial charge in [0.15, 0.2) is 5.75 Å². The van der Waals surface area contributed by atoms with Crippen molar-refractivity contribution in [3.63, 3.8) is 0 Å². The second kappa shape index (κ2) is 5.30. The zero-order valence-electron chi connectivity index (χ0n) is 12.1. The van der Waals surface area contributed by atoms with Crippen LogP contribution in [0.4, 0.5) is 9.83 Å². The number of rotatable bonds is 4. The zero-order valence-corrected chi connectivity index (χ0v) is 12.9. The summed E-state index contributed by atoms with van der Waals surface area (Å²) in [5.41, 5.74) is 0.230. The van der Waals surface area contributed by atoms with E-state index in [1.54, 1.807) is 0 Å². The Kier molecular flexibility index (Phi) is 3.55. The number of amides is 1. The van der Waals surface area contributed by atoms with E-state index in [4.69, 9.17) is 9.47 Å². The van der Waals surface area contributed by atoms with E-state index in [0.29, 0.717) is 0 Å². The second-order valence-corrected chi connectivity index (χ2v) is 6.38. The first kappa shape index (κ1) is 15.4. The molecule has 0 bridgehead atoms. The van der Waals surface area contributed by atoms with Gasteiger partial charge in [-0.15, -0.1) is 8.98 Å². The van der Waals surface area contributed by atoms with Gasteiger partial charge in [-0.3, -0.25) is 9.69 Å². The normalized spacial score (nSPS) is 18.7. The van der Waals surface area contributed by atoms with E-state index in [1.165, 1.54) is 24.9 Å². The Bertz CT molecular complexity index is 841. The molecule has 3 heterocycles. The number of carbonyl (C=O) groups is 1. The van der Waals surface area contributed by atoms with Crippen LogP contribution in [0.15, 0.2) is 6.20 Å². The Labute approximate surface area is 130 Å². The summed E-state index contributed by atoms with van der Waals surface area (Å²) in [5.74, 6) is -0.380. The second-order valence-electron chi connectivity index (χ2n) is 4.77. The van der Waals surface area contributed by atoms with E-state index in [-0.39, 0.29) is 29.9 Å². The van der Waals surface area contributed by atoms with Crippen LogP contribution in [0.25, 0.3) is 5.65 Å². The molecule has 0 spiro atoms. The Balaban J connectivity index is 2.06. The van der Waals surface area contributed by atoms with Crippen molar-refractivity contribution >= 4 is 27.7 Å². The average Bonchev–Trinajstić information content (AvgIpc) is 3.09. The van der Waals surface area contributed by atoms with Crippen molar-refractivity contribution in [2.24, 2.45) is 0 Å².